The third kappa shape index (κ3) is 11.8. The normalized spacial score (nSPS) is 23.8. The van der Waals surface area contributed by atoms with Gasteiger partial charge in [0.1, 0.15) is 0 Å². The molecular formula is C41H58O. The Bertz CT molecular complexity index is 1260. The second-order valence-corrected chi connectivity index (χ2v) is 13.4. The summed E-state index contributed by atoms with van der Waals surface area (Å²) in [7, 11) is 0. The molecule has 0 saturated heterocycles. The van der Waals surface area contributed by atoms with Gasteiger partial charge in [-0.1, -0.05) is 139 Å². The molecule has 0 radical (unpaired) electrons. The maximum absolute atomic E-state index is 9.57. The SMILES string of the molecule is CC1=C(/C=C/C(C)=C/C=C/C(C)=C/C=C/C=C(C)/C=C/C=C(C)/C=C/C2=C(C)CCC[C@]2(C)CCO)C(C)(C)CCC1. The molecule has 1 nitrogen and oxygen atoms in total. The predicted octanol–water partition coefficient (Wildman–Crippen LogP) is 12.0. The smallest absolute Gasteiger partial charge is 0.0439 e. The molecule has 0 aromatic carbocycles. The fourth-order valence-electron chi connectivity index (χ4n) is 6.16. The van der Waals surface area contributed by atoms with Crippen LogP contribution in [0.4, 0.5) is 0 Å². The Kier molecular flexibility index (Phi) is 14.5. The van der Waals surface area contributed by atoms with Crippen LogP contribution in [-0.2, 0) is 0 Å². The highest BCUT2D eigenvalue weighted by molar-refractivity contribution is 5.39. The van der Waals surface area contributed by atoms with Gasteiger partial charge < -0.3 is 5.11 Å². The molecule has 0 aromatic heterocycles. The minimum atomic E-state index is 0.0915. The molecule has 1 heteroatoms. The van der Waals surface area contributed by atoms with Gasteiger partial charge in [-0.25, -0.2) is 0 Å². The van der Waals surface area contributed by atoms with Crippen LogP contribution in [0.5, 0.6) is 0 Å². The van der Waals surface area contributed by atoms with Gasteiger partial charge in [0, 0.05) is 6.61 Å². The molecule has 228 valence electrons. The van der Waals surface area contributed by atoms with E-state index in [9.17, 15) is 5.11 Å². The summed E-state index contributed by atoms with van der Waals surface area (Å²) < 4.78 is 0. The van der Waals surface area contributed by atoms with Gasteiger partial charge in [0.25, 0.3) is 0 Å². The quantitative estimate of drug-likeness (QED) is 0.233. The van der Waals surface area contributed by atoms with Crippen molar-refractivity contribution in [2.45, 2.75) is 107 Å². The molecule has 2 aliphatic carbocycles. The van der Waals surface area contributed by atoms with E-state index in [2.05, 4.69) is 147 Å². The van der Waals surface area contributed by atoms with Gasteiger partial charge in [0.05, 0.1) is 0 Å². The van der Waals surface area contributed by atoms with E-state index in [4.69, 9.17) is 0 Å². The van der Waals surface area contributed by atoms with Crippen LogP contribution in [0.2, 0.25) is 0 Å². The van der Waals surface area contributed by atoms with Gasteiger partial charge in [-0.3, -0.25) is 0 Å². The second kappa shape index (κ2) is 17.3. The molecule has 2 aliphatic rings. The third-order valence-electron chi connectivity index (χ3n) is 8.89. The minimum absolute atomic E-state index is 0.0915. The maximum atomic E-state index is 9.57. The highest BCUT2D eigenvalue weighted by Crippen LogP contribution is 2.44. The van der Waals surface area contributed by atoms with Crippen LogP contribution in [-0.4, -0.2) is 11.7 Å². The molecule has 2 rings (SSSR count). The molecule has 0 unspecified atom stereocenters. The number of rotatable bonds is 12. The lowest BCUT2D eigenvalue weighted by Crippen LogP contribution is -2.24. The van der Waals surface area contributed by atoms with Crippen molar-refractivity contribution in [2.24, 2.45) is 10.8 Å². The third-order valence-corrected chi connectivity index (χ3v) is 8.89. The first-order chi connectivity index (χ1) is 19.9. The van der Waals surface area contributed by atoms with E-state index in [1.807, 2.05) is 0 Å². The van der Waals surface area contributed by atoms with Crippen molar-refractivity contribution in [3.8, 4) is 0 Å². The average Bonchev–Trinajstić information content (AvgIpc) is 2.90. The maximum Gasteiger partial charge on any atom is 0.0439 e. The number of allylic oxidation sites excluding steroid dienone is 22. The van der Waals surface area contributed by atoms with Crippen molar-refractivity contribution in [3.63, 3.8) is 0 Å². The summed E-state index contributed by atoms with van der Waals surface area (Å²) in [6.07, 6.45) is 38.6. The summed E-state index contributed by atoms with van der Waals surface area (Å²) >= 11 is 0. The molecule has 0 amide bonds. The van der Waals surface area contributed by atoms with Crippen LogP contribution in [0.15, 0.2) is 130 Å². The summed E-state index contributed by atoms with van der Waals surface area (Å²) in [5, 5.41) is 9.57. The number of hydrogen-bond donors (Lipinski definition) is 1. The topological polar surface area (TPSA) is 20.2 Å². The van der Waals surface area contributed by atoms with E-state index in [1.54, 1.807) is 5.57 Å². The van der Waals surface area contributed by atoms with Crippen molar-refractivity contribution in [2.75, 3.05) is 6.61 Å². The van der Waals surface area contributed by atoms with Crippen molar-refractivity contribution < 1.29 is 5.11 Å². The van der Waals surface area contributed by atoms with Gasteiger partial charge in [-0.15, -0.1) is 0 Å². The number of hydrogen-bond acceptors (Lipinski definition) is 1. The fraction of sp³-hybridized carbons (Fsp3) is 0.463. The highest BCUT2D eigenvalue weighted by atomic mass is 16.3. The Morgan fingerprint density at radius 2 is 1.05 bits per heavy atom. The van der Waals surface area contributed by atoms with Crippen LogP contribution in [0, 0.1) is 10.8 Å². The first kappa shape index (κ1) is 35.3. The lowest BCUT2D eigenvalue weighted by Gasteiger charge is -2.36. The van der Waals surface area contributed by atoms with Gasteiger partial charge >= 0.3 is 0 Å². The van der Waals surface area contributed by atoms with Crippen LogP contribution >= 0.6 is 0 Å². The molecule has 0 fully saturated rings. The van der Waals surface area contributed by atoms with E-state index >= 15 is 0 Å². The standard InChI is InChI=1S/C41H58O/c1-32(18-12-20-34(3)24-26-38-36(5)22-14-28-40(38,7)8)16-10-11-17-33(2)19-13-21-35(4)25-27-39-37(6)23-15-29-41(39,9)30-31-42/h10-13,16-21,24-27,42H,14-15,22-23,28-31H2,1-9H3/b11-10+,18-12+,19-13+,26-24+,27-25+,32-16+,33-17+,34-20+,35-21+/t41-/m1/s1. The molecule has 0 spiro atoms. The zero-order valence-electron chi connectivity index (χ0n) is 28.2. The Hall–Kier alpha value is -2.90. The Morgan fingerprint density at radius 3 is 1.55 bits per heavy atom. The van der Waals surface area contributed by atoms with Gasteiger partial charge in [0.2, 0.25) is 0 Å². The lowest BCUT2D eigenvalue weighted by atomic mass is 9.69. The monoisotopic (exact) mass is 566 g/mol. The van der Waals surface area contributed by atoms with E-state index in [1.165, 1.54) is 64.7 Å². The van der Waals surface area contributed by atoms with Crippen LogP contribution in [0.25, 0.3) is 0 Å². The summed E-state index contributed by atoms with van der Waals surface area (Å²) in [4.78, 5) is 0. The summed E-state index contributed by atoms with van der Waals surface area (Å²) in [6.45, 7) is 20.4. The molecule has 1 atom stereocenters. The Labute approximate surface area is 259 Å². The lowest BCUT2D eigenvalue weighted by molar-refractivity contribution is 0.208. The molecular weight excluding hydrogens is 508 g/mol. The van der Waals surface area contributed by atoms with E-state index in [0.717, 1.165) is 19.3 Å². The van der Waals surface area contributed by atoms with Crippen molar-refractivity contribution in [1.82, 2.24) is 0 Å². The van der Waals surface area contributed by atoms with Crippen LogP contribution in [0.1, 0.15) is 107 Å². The van der Waals surface area contributed by atoms with E-state index < -0.39 is 0 Å². The number of aliphatic hydroxyl groups is 1. The molecule has 42 heavy (non-hydrogen) atoms. The molecule has 0 aromatic rings. The minimum Gasteiger partial charge on any atom is -0.396 e. The van der Waals surface area contributed by atoms with Gasteiger partial charge in [-0.2, -0.15) is 0 Å². The van der Waals surface area contributed by atoms with Gasteiger partial charge in [0.15, 0.2) is 0 Å². The van der Waals surface area contributed by atoms with Crippen LogP contribution < -0.4 is 0 Å². The summed E-state index contributed by atoms with van der Waals surface area (Å²) in [5.74, 6) is 0. The second-order valence-electron chi connectivity index (χ2n) is 13.4. The zero-order chi connectivity index (χ0) is 31.2. The zero-order valence-corrected chi connectivity index (χ0v) is 28.2. The van der Waals surface area contributed by atoms with Crippen molar-refractivity contribution in [1.29, 1.82) is 0 Å². The van der Waals surface area contributed by atoms with E-state index in [-0.39, 0.29) is 17.4 Å². The van der Waals surface area contributed by atoms with Crippen LogP contribution in [0.3, 0.4) is 0 Å². The molecule has 1 N–H and O–H groups in total. The van der Waals surface area contributed by atoms with E-state index in [0.29, 0.717) is 0 Å². The largest absolute Gasteiger partial charge is 0.396 e. The molecule has 0 aliphatic heterocycles. The molecule has 0 saturated carbocycles. The Balaban J connectivity index is 1.91. The summed E-state index contributed by atoms with van der Waals surface area (Å²) in [6, 6.07) is 0. The molecule has 0 bridgehead atoms. The highest BCUT2D eigenvalue weighted by Gasteiger charge is 2.31. The molecule has 0 heterocycles. The van der Waals surface area contributed by atoms with Gasteiger partial charge in [-0.05, 0) is 108 Å². The summed E-state index contributed by atoms with van der Waals surface area (Å²) in [5.41, 5.74) is 11.2. The average molecular weight is 567 g/mol. The first-order valence-electron chi connectivity index (χ1n) is 16.0. The van der Waals surface area contributed by atoms with Crippen molar-refractivity contribution in [3.05, 3.63) is 130 Å². The van der Waals surface area contributed by atoms with Crippen molar-refractivity contribution >= 4 is 0 Å². The first-order valence-corrected chi connectivity index (χ1v) is 16.0. The number of aliphatic hydroxyl groups excluding tert-OH is 1. The predicted molar refractivity (Wildman–Crippen MR) is 187 cm³/mol. The Morgan fingerprint density at radius 1 is 0.619 bits per heavy atom. The fourth-order valence-corrected chi connectivity index (χ4v) is 6.16.